The Morgan fingerprint density at radius 2 is 1.89 bits per heavy atom. The largest absolute Gasteiger partial charge is 0.480 e. The molecule has 0 fully saturated rings. The third-order valence-corrected chi connectivity index (χ3v) is 6.64. The number of rotatable bonds is 5. The van der Waals surface area contributed by atoms with Crippen molar-refractivity contribution < 1.29 is 9.53 Å². The lowest BCUT2D eigenvalue weighted by atomic mass is 10.0. The van der Waals surface area contributed by atoms with E-state index in [1.54, 1.807) is 42.4 Å². The molecule has 0 radical (unpaired) electrons. The minimum atomic E-state index is -0.636. The number of nitrogens with zero attached hydrogens (tertiary/aromatic N) is 7. The van der Waals surface area contributed by atoms with Gasteiger partial charge in [0.2, 0.25) is 11.8 Å². The Bertz CT molecular complexity index is 1660. The second kappa shape index (κ2) is 9.32. The average molecular weight is 531 g/mol. The van der Waals surface area contributed by atoms with Crippen LogP contribution in [-0.2, 0) is 7.05 Å². The van der Waals surface area contributed by atoms with Crippen molar-refractivity contribution in [3.05, 3.63) is 80.6 Å². The van der Waals surface area contributed by atoms with Gasteiger partial charge in [-0.2, -0.15) is 10.2 Å². The van der Waals surface area contributed by atoms with Gasteiger partial charge in [-0.25, -0.2) is 9.97 Å². The summed E-state index contributed by atoms with van der Waals surface area (Å²) in [5, 5.41) is 9.30. The fourth-order valence-electron chi connectivity index (χ4n) is 4.72. The van der Waals surface area contributed by atoms with Gasteiger partial charge in [0, 0.05) is 25.5 Å². The first kappa shape index (κ1) is 25.0. The zero-order chi connectivity index (χ0) is 27.3. The molecule has 11 nitrogen and oxygen atoms in total. The first-order chi connectivity index (χ1) is 18.2. The minimum Gasteiger partial charge on any atom is -0.480 e. The molecule has 12 heteroatoms. The van der Waals surface area contributed by atoms with Gasteiger partial charge in [-0.15, -0.1) is 0 Å². The van der Waals surface area contributed by atoms with Crippen molar-refractivity contribution in [1.29, 1.82) is 5.26 Å². The zero-order valence-electron chi connectivity index (χ0n) is 21.0. The Hall–Kier alpha value is -4.69. The molecule has 38 heavy (non-hydrogen) atoms. The molecule has 1 unspecified atom stereocenters. The Morgan fingerprint density at radius 1 is 1.18 bits per heavy atom. The van der Waals surface area contributed by atoms with Crippen molar-refractivity contribution in [3.63, 3.8) is 0 Å². The van der Waals surface area contributed by atoms with E-state index >= 15 is 0 Å². The number of nitrogen functional groups attached to an aromatic ring is 1. The smallest absolute Gasteiger partial charge is 0.279 e. The van der Waals surface area contributed by atoms with Crippen LogP contribution in [0.2, 0.25) is 5.02 Å². The Labute approximate surface area is 222 Å². The molecule has 5 rings (SSSR count). The van der Waals surface area contributed by atoms with E-state index in [1.165, 1.54) is 23.9 Å². The van der Waals surface area contributed by atoms with E-state index in [1.807, 2.05) is 18.4 Å². The molecule has 2 N–H and O–H groups in total. The van der Waals surface area contributed by atoms with Gasteiger partial charge >= 0.3 is 0 Å². The first-order valence-corrected chi connectivity index (χ1v) is 12.0. The molecular formula is C26H23ClN8O3. The summed E-state index contributed by atoms with van der Waals surface area (Å²) in [6, 6.07) is 9.80. The third-order valence-electron chi connectivity index (χ3n) is 6.37. The van der Waals surface area contributed by atoms with Gasteiger partial charge in [-0.3, -0.25) is 14.5 Å². The van der Waals surface area contributed by atoms with Gasteiger partial charge in [0.1, 0.15) is 16.9 Å². The number of nitriles is 1. The lowest BCUT2D eigenvalue weighted by Crippen LogP contribution is -2.32. The number of hydrogen-bond acceptors (Lipinski definition) is 8. The van der Waals surface area contributed by atoms with Crippen LogP contribution in [0.4, 0.5) is 11.6 Å². The van der Waals surface area contributed by atoms with E-state index in [2.05, 4.69) is 16.0 Å². The van der Waals surface area contributed by atoms with E-state index < -0.39 is 6.04 Å². The molecule has 192 valence electrons. The number of halogens is 1. The predicted octanol–water partition coefficient (Wildman–Crippen LogP) is 3.49. The van der Waals surface area contributed by atoms with Gasteiger partial charge in [-0.05, 0) is 37.6 Å². The van der Waals surface area contributed by atoms with Gasteiger partial charge < -0.3 is 19.6 Å². The number of anilines is 2. The number of benzene rings is 1. The summed E-state index contributed by atoms with van der Waals surface area (Å²) < 4.78 is 8.72. The SMILES string of the molecule is COc1nc(N)ncc1-c1nc2c(n1C(C)C)C(c1ccc(C#N)cc1)N(c1cc(Cl)c(=O)n(C)c1)C2=O. The summed E-state index contributed by atoms with van der Waals surface area (Å²) in [6.07, 6.45) is 3.08. The second-order valence-electron chi connectivity index (χ2n) is 9.06. The highest BCUT2D eigenvalue weighted by molar-refractivity contribution is 6.30. The van der Waals surface area contributed by atoms with Crippen molar-refractivity contribution in [3.8, 4) is 23.3 Å². The number of methoxy groups -OCH3 is 1. The fourth-order valence-corrected chi connectivity index (χ4v) is 4.96. The number of ether oxygens (including phenoxy) is 1. The second-order valence-corrected chi connectivity index (χ2v) is 9.47. The lowest BCUT2D eigenvalue weighted by Gasteiger charge is -2.28. The highest BCUT2D eigenvalue weighted by Crippen LogP contribution is 2.45. The van der Waals surface area contributed by atoms with Crippen LogP contribution in [0.25, 0.3) is 11.4 Å². The summed E-state index contributed by atoms with van der Waals surface area (Å²) in [6.45, 7) is 3.95. The van der Waals surface area contributed by atoms with Crippen LogP contribution < -0.4 is 20.9 Å². The molecule has 1 atom stereocenters. The monoisotopic (exact) mass is 530 g/mol. The number of aryl methyl sites for hydroxylation is 1. The normalized spacial score (nSPS) is 14.6. The number of imidazole rings is 1. The van der Waals surface area contributed by atoms with E-state index in [4.69, 9.17) is 27.1 Å². The molecule has 0 bridgehead atoms. The molecular weight excluding hydrogens is 508 g/mol. The lowest BCUT2D eigenvalue weighted by molar-refractivity contribution is 0.0989. The molecule has 0 saturated carbocycles. The van der Waals surface area contributed by atoms with Crippen LogP contribution in [-0.4, -0.2) is 37.1 Å². The Balaban J connectivity index is 1.80. The van der Waals surface area contributed by atoms with Crippen LogP contribution >= 0.6 is 11.6 Å². The van der Waals surface area contributed by atoms with Crippen molar-refractivity contribution in [1.82, 2.24) is 24.1 Å². The molecule has 3 aromatic heterocycles. The van der Waals surface area contributed by atoms with Crippen molar-refractivity contribution in [2.45, 2.75) is 25.9 Å². The minimum absolute atomic E-state index is 0.0166. The van der Waals surface area contributed by atoms with E-state index in [0.717, 1.165) is 5.56 Å². The topological polar surface area (TPSA) is 145 Å². The van der Waals surface area contributed by atoms with Crippen LogP contribution in [0.5, 0.6) is 5.88 Å². The van der Waals surface area contributed by atoms with Crippen LogP contribution in [0.15, 0.2) is 47.5 Å². The number of fused-ring (bicyclic) bond motifs is 1. The molecule has 1 aromatic carbocycles. The number of carbonyl (C=O) groups is 1. The number of carbonyl (C=O) groups excluding carboxylic acids is 1. The maximum Gasteiger partial charge on any atom is 0.279 e. The van der Waals surface area contributed by atoms with Crippen molar-refractivity contribution in [2.24, 2.45) is 7.05 Å². The zero-order valence-corrected chi connectivity index (χ0v) is 21.8. The maximum absolute atomic E-state index is 14.0. The molecule has 4 heterocycles. The van der Waals surface area contributed by atoms with Gasteiger partial charge in [0.05, 0.1) is 35.7 Å². The summed E-state index contributed by atoms with van der Waals surface area (Å²) in [5.41, 5.74) is 8.39. The van der Waals surface area contributed by atoms with Crippen molar-refractivity contribution >= 4 is 29.1 Å². The van der Waals surface area contributed by atoms with Crippen molar-refractivity contribution in [2.75, 3.05) is 17.7 Å². The number of aromatic nitrogens is 5. The van der Waals surface area contributed by atoms with Gasteiger partial charge in [0.25, 0.3) is 11.5 Å². The molecule has 0 aliphatic carbocycles. The van der Waals surface area contributed by atoms with Crippen LogP contribution in [0.3, 0.4) is 0 Å². The van der Waals surface area contributed by atoms with Gasteiger partial charge in [-0.1, -0.05) is 23.7 Å². The maximum atomic E-state index is 14.0. The number of pyridine rings is 1. The molecule has 0 spiro atoms. The van der Waals surface area contributed by atoms with E-state index in [-0.39, 0.29) is 40.1 Å². The number of hydrogen-bond donors (Lipinski definition) is 1. The Kier molecular flexibility index (Phi) is 6.12. The summed E-state index contributed by atoms with van der Waals surface area (Å²) in [5.74, 6) is 0.351. The number of nitrogens with two attached hydrogens (primary N) is 1. The average Bonchev–Trinajstić information content (AvgIpc) is 3.42. The predicted molar refractivity (Wildman–Crippen MR) is 141 cm³/mol. The molecule has 1 aliphatic heterocycles. The summed E-state index contributed by atoms with van der Waals surface area (Å²) in [4.78, 5) is 40.9. The number of amides is 1. The Morgan fingerprint density at radius 3 is 2.50 bits per heavy atom. The molecule has 1 amide bonds. The summed E-state index contributed by atoms with van der Waals surface area (Å²) >= 11 is 6.23. The molecule has 0 saturated heterocycles. The standard InChI is InChI=1S/C26H23ClN8O3/c1-13(2)34-21-19(31-22(34)17-11-30-26(29)32-23(17)38-4)25(37)35(16-9-18(27)24(36)33(3)12-16)20(21)15-7-5-14(10-28)6-8-15/h5-9,11-13,20H,1-4H3,(H2,29,30,32). The van der Waals surface area contributed by atoms with Crippen LogP contribution in [0.1, 0.15) is 53.2 Å². The highest BCUT2D eigenvalue weighted by atomic mass is 35.5. The quantitative estimate of drug-likeness (QED) is 0.412. The van der Waals surface area contributed by atoms with Crippen LogP contribution in [0, 0.1) is 11.3 Å². The van der Waals surface area contributed by atoms with Gasteiger partial charge in [0.15, 0.2) is 5.69 Å². The molecule has 1 aliphatic rings. The highest BCUT2D eigenvalue weighted by Gasteiger charge is 2.45. The molecule has 4 aromatic rings. The van der Waals surface area contributed by atoms with E-state index in [9.17, 15) is 14.9 Å². The summed E-state index contributed by atoms with van der Waals surface area (Å²) in [7, 11) is 3.04. The fraction of sp³-hybridized carbons (Fsp3) is 0.231. The van der Waals surface area contributed by atoms with E-state index in [0.29, 0.717) is 28.3 Å². The first-order valence-electron chi connectivity index (χ1n) is 11.6. The third kappa shape index (κ3) is 3.86.